The zero-order valence-electron chi connectivity index (χ0n) is 10.3. The van der Waals surface area contributed by atoms with E-state index < -0.39 is 0 Å². The Bertz CT molecular complexity index is 533. The molecule has 2 aromatic rings. The summed E-state index contributed by atoms with van der Waals surface area (Å²) in [5.41, 5.74) is 2.45. The monoisotopic (exact) mass is 214 g/mol. The number of aryl methyl sites for hydroxylation is 1. The maximum Gasteiger partial charge on any atom is 0.123 e. The van der Waals surface area contributed by atoms with Gasteiger partial charge in [0.2, 0.25) is 0 Å². The molecule has 0 unspecified atom stereocenters. The Labute approximate surface area is 96.7 Å². The maximum atomic E-state index is 10.0. The molecule has 1 N–H and O–H groups in total. The summed E-state index contributed by atoms with van der Waals surface area (Å²) in [6, 6.07) is 9.98. The van der Waals surface area contributed by atoms with Crippen molar-refractivity contribution in [1.82, 2.24) is 0 Å². The third-order valence-corrected chi connectivity index (χ3v) is 3.04. The second kappa shape index (κ2) is 3.51. The molecule has 0 fully saturated rings. The topological polar surface area (TPSA) is 20.2 Å². The van der Waals surface area contributed by atoms with Gasteiger partial charge in [-0.1, -0.05) is 45.0 Å². The minimum absolute atomic E-state index is 0.0464. The van der Waals surface area contributed by atoms with E-state index in [1.807, 2.05) is 6.07 Å². The van der Waals surface area contributed by atoms with Crippen molar-refractivity contribution in [2.45, 2.75) is 33.1 Å². The predicted octanol–water partition coefficient (Wildman–Crippen LogP) is 4.15. The highest BCUT2D eigenvalue weighted by Gasteiger charge is 2.18. The lowest BCUT2D eigenvalue weighted by molar-refractivity contribution is 0.479. The van der Waals surface area contributed by atoms with E-state index in [1.165, 1.54) is 11.1 Å². The number of rotatable bonds is 0. The summed E-state index contributed by atoms with van der Waals surface area (Å²) in [7, 11) is 0. The number of hydrogen-bond acceptors (Lipinski definition) is 1. The molecule has 1 heteroatoms. The largest absolute Gasteiger partial charge is 0.507 e. The van der Waals surface area contributed by atoms with Gasteiger partial charge in [0.25, 0.3) is 0 Å². The molecule has 0 aliphatic carbocycles. The van der Waals surface area contributed by atoms with E-state index in [0.717, 1.165) is 10.8 Å². The van der Waals surface area contributed by atoms with E-state index >= 15 is 0 Å². The number of phenolic OH excluding ortho intramolecular Hbond substituents is 1. The quantitative estimate of drug-likeness (QED) is 0.698. The normalized spacial score (nSPS) is 12.0. The highest BCUT2D eigenvalue weighted by molar-refractivity contribution is 5.94. The predicted molar refractivity (Wildman–Crippen MR) is 69.0 cm³/mol. The Balaban J connectivity index is 2.92. The third kappa shape index (κ3) is 1.67. The Hall–Kier alpha value is -1.50. The number of phenols is 1. The summed E-state index contributed by atoms with van der Waals surface area (Å²) in [4.78, 5) is 0. The number of fused-ring (bicyclic) bond motifs is 1. The standard InChI is InChI=1S/C15H18O/c1-10-8-9-13(16)14-11(10)6-5-7-12(14)15(2,3)4/h5-9,16H,1-4H3. The zero-order valence-corrected chi connectivity index (χ0v) is 10.3. The Kier molecular flexibility index (Phi) is 2.42. The van der Waals surface area contributed by atoms with Crippen LogP contribution >= 0.6 is 0 Å². The van der Waals surface area contributed by atoms with Gasteiger partial charge in [0, 0.05) is 5.39 Å². The van der Waals surface area contributed by atoms with Crippen LogP contribution in [0.15, 0.2) is 30.3 Å². The van der Waals surface area contributed by atoms with Crippen LogP contribution in [0.25, 0.3) is 10.8 Å². The average Bonchev–Trinajstić information content (AvgIpc) is 2.22. The smallest absolute Gasteiger partial charge is 0.123 e. The second-order valence-electron chi connectivity index (χ2n) is 5.38. The van der Waals surface area contributed by atoms with E-state index in [4.69, 9.17) is 0 Å². The van der Waals surface area contributed by atoms with Gasteiger partial charge in [-0.3, -0.25) is 0 Å². The molecule has 2 aromatic carbocycles. The van der Waals surface area contributed by atoms with E-state index in [1.54, 1.807) is 6.07 Å². The van der Waals surface area contributed by atoms with Crippen molar-refractivity contribution in [3.8, 4) is 5.75 Å². The van der Waals surface area contributed by atoms with Crippen LogP contribution in [0.5, 0.6) is 5.75 Å². The van der Waals surface area contributed by atoms with Crippen LogP contribution in [0.1, 0.15) is 31.9 Å². The fourth-order valence-corrected chi connectivity index (χ4v) is 2.16. The minimum atomic E-state index is 0.0464. The average molecular weight is 214 g/mol. The van der Waals surface area contributed by atoms with Crippen molar-refractivity contribution in [1.29, 1.82) is 0 Å². The fourth-order valence-electron chi connectivity index (χ4n) is 2.16. The molecule has 0 aromatic heterocycles. The summed E-state index contributed by atoms with van der Waals surface area (Å²) in [6.07, 6.45) is 0. The summed E-state index contributed by atoms with van der Waals surface area (Å²) in [6.45, 7) is 8.59. The summed E-state index contributed by atoms with van der Waals surface area (Å²) in [5.74, 6) is 0.381. The van der Waals surface area contributed by atoms with E-state index in [0.29, 0.717) is 5.75 Å². The SMILES string of the molecule is Cc1ccc(O)c2c(C(C)(C)C)cccc12. The molecule has 0 radical (unpaired) electrons. The zero-order chi connectivity index (χ0) is 11.9. The van der Waals surface area contributed by atoms with Gasteiger partial charge in [-0.05, 0) is 34.9 Å². The molecular formula is C15H18O. The van der Waals surface area contributed by atoms with Crippen molar-refractivity contribution < 1.29 is 5.11 Å². The molecule has 84 valence electrons. The van der Waals surface area contributed by atoms with Gasteiger partial charge < -0.3 is 5.11 Å². The number of benzene rings is 2. The van der Waals surface area contributed by atoms with Crippen LogP contribution in [-0.4, -0.2) is 5.11 Å². The Morgan fingerprint density at radius 2 is 1.69 bits per heavy atom. The molecule has 0 saturated carbocycles. The van der Waals surface area contributed by atoms with Gasteiger partial charge in [0.1, 0.15) is 5.75 Å². The lowest BCUT2D eigenvalue weighted by Gasteiger charge is -2.22. The molecule has 16 heavy (non-hydrogen) atoms. The van der Waals surface area contributed by atoms with Crippen molar-refractivity contribution in [3.63, 3.8) is 0 Å². The van der Waals surface area contributed by atoms with Gasteiger partial charge in [-0.25, -0.2) is 0 Å². The van der Waals surface area contributed by atoms with Crippen LogP contribution in [0.3, 0.4) is 0 Å². The molecule has 0 atom stereocenters. The lowest BCUT2D eigenvalue weighted by atomic mass is 9.83. The van der Waals surface area contributed by atoms with Crippen molar-refractivity contribution in [3.05, 3.63) is 41.5 Å². The summed E-state index contributed by atoms with van der Waals surface area (Å²) in [5, 5.41) is 12.2. The van der Waals surface area contributed by atoms with Gasteiger partial charge in [0.05, 0.1) is 0 Å². The molecule has 0 spiro atoms. The first-order valence-corrected chi connectivity index (χ1v) is 5.63. The van der Waals surface area contributed by atoms with E-state index in [9.17, 15) is 5.11 Å². The Morgan fingerprint density at radius 3 is 2.31 bits per heavy atom. The molecule has 0 heterocycles. The molecular weight excluding hydrogens is 196 g/mol. The summed E-state index contributed by atoms with van der Waals surface area (Å²) < 4.78 is 0. The van der Waals surface area contributed by atoms with Crippen molar-refractivity contribution >= 4 is 10.8 Å². The van der Waals surface area contributed by atoms with E-state index in [2.05, 4.69) is 45.9 Å². The minimum Gasteiger partial charge on any atom is -0.507 e. The molecule has 2 rings (SSSR count). The Morgan fingerprint density at radius 1 is 1.00 bits per heavy atom. The highest BCUT2D eigenvalue weighted by atomic mass is 16.3. The van der Waals surface area contributed by atoms with Crippen molar-refractivity contribution in [2.75, 3.05) is 0 Å². The first-order chi connectivity index (χ1) is 7.41. The number of aromatic hydroxyl groups is 1. The third-order valence-electron chi connectivity index (χ3n) is 3.04. The van der Waals surface area contributed by atoms with E-state index in [-0.39, 0.29) is 5.41 Å². The number of hydrogen-bond donors (Lipinski definition) is 1. The first-order valence-electron chi connectivity index (χ1n) is 5.63. The molecule has 0 amide bonds. The lowest BCUT2D eigenvalue weighted by Crippen LogP contribution is -2.11. The van der Waals surface area contributed by atoms with Crippen LogP contribution < -0.4 is 0 Å². The molecule has 0 aliphatic rings. The summed E-state index contributed by atoms with van der Waals surface area (Å²) >= 11 is 0. The van der Waals surface area contributed by atoms with Gasteiger partial charge in [0.15, 0.2) is 0 Å². The molecule has 0 saturated heterocycles. The van der Waals surface area contributed by atoms with Crippen LogP contribution in [0.2, 0.25) is 0 Å². The van der Waals surface area contributed by atoms with Gasteiger partial charge in [-0.2, -0.15) is 0 Å². The van der Waals surface area contributed by atoms with Crippen LogP contribution in [0, 0.1) is 6.92 Å². The van der Waals surface area contributed by atoms with Gasteiger partial charge in [-0.15, -0.1) is 0 Å². The maximum absolute atomic E-state index is 10.0. The molecule has 0 bridgehead atoms. The molecule has 0 aliphatic heterocycles. The van der Waals surface area contributed by atoms with Crippen molar-refractivity contribution in [2.24, 2.45) is 0 Å². The first kappa shape index (κ1) is 11.0. The van der Waals surface area contributed by atoms with Gasteiger partial charge >= 0.3 is 0 Å². The highest BCUT2D eigenvalue weighted by Crippen LogP contribution is 2.36. The fraction of sp³-hybridized carbons (Fsp3) is 0.333. The second-order valence-corrected chi connectivity index (χ2v) is 5.38. The van der Waals surface area contributed by atoms with Crippen LogP contribution in [-0.2, 0) is 5.41 Å². The van der Waals surface area contributed by atoms with Crippen LogP contribution in [0.4, 0.5) is 0 Å². The molecule has 1 nitrogen and oxygen atoms in total.